The van der Waals surface area contributed by atoms with Crippen LogP contribution in [0, 0.1) is 0 Å². The SMILES string of the molecule is CC(C)NC(=O)Nc1ccc(C(=O)N2CCC(N)CC2)cc1. The van der Waals surface area contributed by atoms with E-state index in [9.17, 15) is 9.59 Å². The van der Waals surface area contributed by atoms with Gasteiger partial charge in [-0.3, -0.25) is 4.79 Å². The number of anilines is 1. The molecule has 0 unspecified atom stereocenters. The van der Waals surface area contributed by atoms with Crippen LogP contribution in [0.1, 0.15) is 37.0 Å². The third-order valence-corrected chi connectivity index (χ3v) is 3.64. The van der Waals surface area contributed by atoms with Crippen LogP contribution in [-0.4, -0.2) is 42.0 Å². The van der Waals surface area contributed by atoms with Crippen LogP contribution in [0.25, 0.3) is 0 Å². The number of nitrogens with zero attached hydrogens (tertiary/aromatic N) is 1. The lowest BCUT2D eigenvalue weighted by Gasteiger charge is -2.30. The summed E-state index contributed by atoms with van der Waals surface area (Å²) in [5.74, 6) is 0.0186. The van der Waals surface area contributed by atoms with Crippen molar-refractivity contribution in [3.63, 3.8) is 0 Å². The van der Waals surface area contributed by atoms with Gasteiger partial charge in [0.05, 0.1) is 0 Å². The van der Waals surface area contributed by atoms with Crippen molar-refractivity contribution in [2.24, 2.45) is 5.73 Å². The number of urea groups is 1. The molecule has 2 rings (SSSR count). The molecule has 1 heterocycles. The Bertz CT molecular complexity index is 519. The first-order valence-electron chi connectivity index (χ1n) is 7.68. The molecule has 120 valence electrons. The third-order valence-electron chi connectivity index (χ3n) is 3.64. The van der Waals surface area contributed by atoms with Crippen molar-refractivity contribution in [3.8, 4) is 0 Å². The highest BCUT2D eigenvalue weighted by atomic mass is 16.2. The Kier molecular flexibility index (Phi) is 5.38. The molecule has 1 aliphatic heterocycles. The van der Waals surface area contributed by atoms with Gasteiger partial charge in [0.1, 0.15) is 0 Å². The number of rotatable bonds is 3. The van der Waals surface area contributed by atoms with Gasteiger partial charge in [-0.25, -0.2) is 4.79 Å². The van der Waals surface area contributed by atoms with E-state index in [0.717, 1.165) is 12.8 Å². The highest BCUT2D eigenvalue weighted by Crippen LogP contribution is 2.15. The Morgan fingerprint density at radius 3 is 2.32 bits per heavy atom. The fourth-order valence-corrected chi connectivity index (χ4v) is 2.41. The zero-order valence-corrected chi connectivity index (χ0v) is 13.1. The number of carbonyl (C=O) groups is 2. The highest BCUT2D eigenvalue weighted by Gasteiger charge is 2.21. The van der Waals surface area contributed by atoms with Gasteiger partial charge in [-0.2, -0.15) is 0 Å². The molecule has 1 fully saturated rings. The third kappa shape index (κ3) is 4.46. The van der Waals surface area contributed by atoms with Gasteiger partial charge < -0.3 is 21.3 Å². The number of likely N-dealkylation sites (tertiary alicyclic amines) is 1. The quantitative estimate of drug-likeness (QED) is 0.795. The van der Waals surface area contributed by atoms with Crippen LogP contribution in [0.4, 0.5) is 10.5 Å². The van der Waals surface area contributed by atoms with Gasteiger partial charge in [0.2, 0.25) is 0 Å². The smallest absolute Gasteiger partial charge is 0.319 e. The van der Waals surface area contributed by atoms with Gasteiger partial charge in [-0.1, -0.05) is 0 Å². The molecule has 0 radical (unpaired) electrons. The first-order valence-corrected chi connectivity index (χ1v) is 7.68. The second-order valence-electron chi connectivity index (χ2n) is 5.96. The summed E-state index contributed by atoms with van der Waals surface area (Å²) < 4.78 is 0. The maximum Gasteiger partial charge on any atom is 0.319 e. The van der Waals surface area contributed by atoms with E-state index in [1.54, 1.807) is 24.3 Å². The average Bonchev–Trinajstić information content (AvgIpc) is 2.47. The van der Waals surface area contributed by atoms with Crippen LogP contribution in [0.15, 0.2) is 24.3 Å². The van der Waals surface area contributed by atoms with Gasteiger partial charge in [-0.15, -0.1) is 0 Å². The lowest BCUT2D eigenvalue weighted by atomic mass is 10.0. The first-order chi connectivity index (χ1) is 10.5. The predicted molar refractivity (Wildman–Crippen MR) is 86.8 cm³/mol. The second kappa shape index (κ2) is 7.26. The van der Waals surface area contributed by atoms with Crippen molar-refractivity contribution in [1.29, 1.82) is 0 Å². The summed E-state index contributed by atoms with van der Waals surface area (Å²) >= 11 is 0. The minimum absolute atomic E-state index is 0.0186. The Morgan fingerprint density at radius 2 is 1.77 bits per heavy atom. The summed E-state index contributed by atoms with van der Waals surface area (Å²) in [7, 11) is 0. The summed E-state index contributed by atoms with van der Waals surface area (Å²) in [6.07, 6.45) is 1.70. The fourth-order valence-electron chi connectivity index (χ4n) is 2.41. The van der Waals surface area contributed by atoms with Crippen molar-refractivity contribution in [3.05, 3.63) is 29.8 Å². The van der Waals surface area contributed by atoms with E-state index >= 15 is 0 Å². The number of piperidine rings is 1. The van der Waals surface area contributed by atoms with Crippen LogP contribution < -0.4 is 16.4 Å². The van der Waals surface area contributed by atoms with Crippen molar-refractivity contribution in [2.75, 3.05) is 18.4 Å². The van der Waals surface area contributed by atoms with Crippen LogP contribution in [0.2, 0.25) is 0 Å². The monoisotopic (exact) mass is 304 g/mol. The summed E-state index contributed by atoms with van der Waals surface area (Å²) in [6, 6.07) is 6.98. The molecule has 1 aromatic carbocycles. The number of nitrogens with one attached hydrogen (secondary N) is 2. The molecule has 0 spiro atoms. The van der Waals surface area contributed by atoms with E-state index in [1.807, 2.05) is 18.7 Å². The molecule has 0 atom stereocenters. The molecule has 1 aliphatic rings. The van der Waals surface area contributed by atoms with Gasteiger partial charge in [-0.05, 0) is 51.0 Å². The normalized spacial score (nSPS) is 15.7. The minimum atomic E-state index is -0.251. The summed E-state index contributed by atoms with van der Waals surface area (Å²) in [5, 5.41) is 5.48. The number of hydrogen-bond donors (Lipinski definition) is 3. The van der Waals surface area contributed by atoms with Crippen LogP contribution in [0.5, 0.6) is 0 Å². The van der Waals surface area contributed by atoms with Crippen molar-refractivity contribution in [2.45, 2.75) is 38.8 Å². The molecule has 6 heteroatoms. The molecular formula is C16H24N4O2. The molecule has 4 N–H and O–H groups in total. The van der Waals surface area contributed by atoms with Crippen molar-refractivity contribution in [1.82, 2.24) is 10.2 Å². The summed E-state index contributed by atoms with van der Waals surface area (Å²) in [6.45, 7) is 5.20. The van der Waals surface area contributed by atoms with Gasteiger partial charge >= 0.3 is 6.03 Å². The Balaban J connectivity index is 1.93. The van der Waals surface area contributed by atoms with E-state index in [1.165, 1.54) is 0 Å². The molecule has 0 aromatic heterocycles. The van der Waals surface area contributed by atoms with E-state index in [2.05, 4.69) is 10.6 Å². The lowest BCUT2D eigenvalue weighted by molar-refractivity contribution is 0.0715. The second-order valence-corrected chi connectivity index (χ2v) is 5.96. The standard InChI is InChI=1S/C16H24N4O2/c1-11(2)18-16(22)19-14-5-3-12(4-6-14)15(21)20-9-7-13(17)8-10-20/h3-6,11,13H,7-10,17H2,1-2H3,(H2,18,19,22). The summed E-state index contributed by atoms with van der Waals surface area (Å²) in [4.78, 5) is 25.8. The topological polar surface area (TPSA) is 87.5 Å². The predicted octanol–water partition coefficient (Wildman–Crippen LogP) is 1.78. The van der Waals surface area contributed by atoms with Crippen molar-refractivity contribution >= 4 is 17.6 Å². The molecule has 1 aromatic rings. The molecule has 22 heavy (non-hydrogen) atoms. The molecule has 3 amide bonds. The fraction of sp³-hybridized carbons (Fsp3) is 0.500. The molecular weight excluding hydrogens is 280 g/mol. The van der Waals surface area contributed by atoms with Crippen molar-refractivity contribution < 1.29 is 9.59 Å². The maximum absolute atomic E-state index is 12.4. The lowest BCUT2D eigenvalue weighted by Crippen LogP contribution is -2.42. The van der Waals surface area contributed by atoms with E-state index in [-0.39, 0.29) is 24.0 Å². The number of benzene rings is 1. The molecule has 6 nitrogen and oxygen atoms in total. The summed E-state index contributed by atoms with van der Waals surface area (Å²) in [5.41, 5.74) is 7.14. The minimum Gasteiger partial charge on any atom is -0.339 e. The number of nitrogens with two attached hydrogens (primary N) is 1. The highest BCUT2D eigenvalue weighted by molar-refractivity contribution is 5.95. The Hall–Kier alpha value is -2.08. The first kappa shape index (κ1) is 16.3. The van der Waals surface area contributed by atoms with E-state index in [0.29, 0.717) is 24.3 Å². The number of carbonyl (C=O) groups excluding carboxylic acids is 2. The maximum atomic E-state index is 12.4. The van der Waals surface area contributed by atoms with E-state index < -0.39 is 0 Å². The van der Waals surface area contributed by atoms with Crippen LogP contribution in [-0.2, 0) is 0 Å². The van der Waals surface area contributed by atoms with Gasteiger partial charge in [0, 0.05) is 36.4 Å². The average molecular weight is 304 g/mol. The molecule has 1 saturated heterocycles. The largest absolute Gasteiger partial charge is 0.339 e. The van der Waals surface area contributed by atoms with Crippen LogP contribution in [0.3, 0.4) is 0 Å². The van der Waals surface area contributed by atoms with Crippen LogP contribution >= 0.6 is 0 Å². The zero-order chi connectivity index (χ0) is 16.1. The number of hydrogen-bond acceptors (Lipinski definition) is 3. The molecule has 0 aliphatic carbocycles. The van der Waals surface area contributed by atoms with Gasteiger partial charge in [0.25, 0.3) is 5.91 Å². The van der Waals surface area contributed by atoms with Gasteiger partial charge in [0.15, 0.2) is 0 Å². The molecule has 0 bridgehead atoms. The Morgan fingerprint density at radius 1 is 1.18 bits per heavy atom. The Labute approximate surface area is 131 Å². The molecule has 0 saturated carbocycles. The number of amides is 3. The van der Waals surface area contributed by atoms with E-state index in [4.69, 9.17) is 5.73 Å². The zero-order valence-electron chi connectivity index (χ0n) is 13.1.